The summed E-state index contributed by atoms with van der Waals surface area (Å²) in [5, 5.41) is 0. The molecule has 0 saturated heterocycles. The summed E-state index contributed by atoms with van der Waals surface area (Å²) in [6.45, 7) is 64.6. The Morgan fingerprint density at radius 2 is 0.286 bits per heavy atom. The maximum absolute atomic E-state index is 6.85. The Labute approximate surface area is 419 Å². The average Bonchev–Trinajstić information content (AvgIpc) is 3.20. The van der Waals surface area contributed by atoms with Crippen molar-refractivity contribution >= 4 is 34.1 Å². The molecule has 0 unspecified atom stereocenters. The van der Waals surface area contributed by atoms with E-state index in [9.17, 15) is 0 Å². The molecule has 0 atom stereocenters. The molecular weight excluding hydrogens is 1050 g/mol. The van der Waals surface area contributed by atoms with Crippen LogP contribution in [0.5, 0.6) is 0 Å². The van der Waals surface area contributed by atoms with Gasteiger partial charge in [-0.3, -0.25) is 0 Å². The third-order valence-corrected chi connectivity index (χ3v) is 9.31. The van der Waals surface area contributed by atoms with Crippen molar-refractivity contribution in [1.29, 1.82) is 0 Å². The first-order valence-corrected chi connectivity index (χ1v) is 19.1. The fourth-order valence-corrected chi connectivity index (χ4v) is 5.89. The minimum absolute atomic E-state index is 0. The van der Waals surface area contributed by atoms with Gasteiger partial charge in [0.05, 0.1) is 39.4 Å². The molecule has 6 aromatic carbocycles. The van der Waals surface area contributed by atoms with Gasteiger partial charge in [0, 0.05) is 61.3 Å². The van der Waals surface area contributed by atoms with Crippen molar-refractivity contribution < 1.29 is 61.3 Å². The zero-order chi connectivity index (χ0) is 45.4. The number of nitrogens with zero attached hydrogens (tertiary/aromatic N) is 6. The average molecular weight is 1110 g/mol. The maximum Gasteiger partial charge on any atom is 0.193 e. The summed E-state index contributed by atoms with van der Waals surface area (Å²) in [5.41, 5.74) is 17.5. The van der Waals surface area contributed by atoms with Crippen LogP contribution in [0.2, 0.25) is 0 Å². The van der Waals surface area contributed by atoms with Gasteiger partial charge in [-0.2, -0.15) is 0 Å². The zero-order valence-electron chi connectivity index (χ0n) is 38.0. The molecule has 0 radical (unpaired) electrons. The summed E-state index contributed by atoms with van der Waals surface area (Å²) in [6.07, 6.45) is 0. The van der Waals surface area contributed by atoms with Crippen LogP contribution in [0.1, 0.15) is 66.8 Å². The molecule has 0 fully saturated rings. The molecule has 6 nitrogen and oxygen atoms in total. The van der Waals surface area contributed by atoms with Crippen molar-refractivity contribution in [3.8, 4) is 0 Å². The van der Waals surface area contributed by atoms with Gasteiger partial charge in [0.15, 0.2) is 34.1 Å². The summed E-state index contributed by atoms with van der Waals surface area (Å²) in [6, 6.07) is 35.3. The monoisotopic (exact) mass is 1100 g/mol. The quantitative estimate of drug-likeness (QED) is 0.107. The van der Waals surface area contributed by atoms with E-state index in [4.69, 9.17) is 39.4 Å². The molecule has 9 heteroatoms. The third-order valence-electron chi connectivity index (χ3n) is 9.31. The molecule has 0 heterocycles. The smallest absolute Gasteiger partial charge is 0.193 e. The summed E-state index contributed by atoms with van der Waals surface area (Å²) in [7, 11) is 0. The van der Waals surface area contributed by atoms with Crippen LogP contribution >= 0.6 is 0 Å². The Kier molecular flexibility index (Phi) is 32.1. The molecule has 330 valence electrons. The van der Waals surface area contributed by atoms with E-state index in [0.717, 1.165) is 101 Å². The van der Waals surface area contributed by atoms with Crippen molar-refractivity contribution in [3.63, 3.8) is 0 Å². The first kappa shape index (κ1) is 61.5. The van der Waals surface area contributed by atoms with Crippen molar-refractivity contribution in [1.82, 2.24) is 0 Å². The SMILES string of the molecule is [C-]#[N+]c1c(C)cccc1C.[C-]#[N+]c1c(C)cccc1C.[C-]#[N+]c1c(C)cccc1C.[C-]#[N+]c1c(C)cccc1C.[C-]#[N+]c1c(C)cccc1C.[C-]#[N+]c1c(C)cccc1C.[Pd].[Pd].[Pd]. The predicted molar refractivity (Wildman–Crippen MR) is 253 cm³/mol. The second kappa shape index (κ2) is 32.9. The standard InChI is InChI=1S/6C9H9N.3Pd/c6*1-7-5-4-6-8(2)9(7)10-3;;;/h6*4-6H,1-2H3;;;. The van der Waals surface area contributed by atoms with Gasteiger partial charge in [0.2, 0.25) is 0 Å². The summed E-state index contributed by atoms with van der Waals surface area (Å²) in [5.74, 6) is 0. The minimum Gasteiger partial charge on any atom is -0.238 e. The normalized spacial score (nSPS) is 8.48. The molecule has 0 aliphatic heterocycles. The van der Waals surface area contributed by atoms with Crippen LogP contribution in [0.15, 0.2) is 109 Å². The summed E-state index contributed by atoms with van der Waals surface area (Å²) >= 11 is 0. The van der Waals surface area contributed by atoms with Crippen LogP contribution < -0.4 is 0 Å². The second-order valence-electron chi connectivity index (χ2n) is 14.1. The second-order valence-corrected chi connectivity index (χ2v) is 14.1. The van der Waals surface area contributed by atoms with Gasteiger partial charge in [0.25, 0.3) is 0 Å². The predicted octanol–water partition coefficient (Wildman–Crippen LogP) is 17.1. The van der Waals surface area contributed by atoms with E-state index in [0.29, 0.717) is 0 Å². The van der Waals surface area contributed by atoms with Crippen LogP contribution in [0.3, 0.4) is 0 Å². The molecule has 6 aromatic rings. The van der Waals surface area contributed by atoms with Crippen LogP contribution in [-0.2, 0) is 61.3 Å². The Morgan fingerprint density at radius 1 is 0.206 bits per heavy atom. The first-order chi connectivity index (χ1) is 28.5. The van der Waals surface area contributed by atoms with Crippen molar-refractivity contribution in [2.75, 3.05) is 0 Å². The van der Waals surface area contributed by atoms with Crippen molar-refractivity contribution in [3.05, 3.63) is 244 Å². The molecule has 6 rings (SSSR count). The fraction of sp³-hybridized carbons (Fsp3) is 0.222. The van der Waals surface area contributed by atoms with Crippen LogP contribution in [-0.4, -0.2) is 0 Å². The van der Waals surface area contributed by atoms with Gasteiger partial charge in [-0.25, -0.2) is 29.1 Å². The molecule has 0 saturated carbocycles. The Balaban J connectivity index is -0.000000679. The van der Waals surface area contributed by atoms with Crippen LogP contribution in [0.4, 0.5) is 34.1 Å². The number of hydrogen-bond acceptors (Lipinski definition) is 0. The van der Waals surface area contributed by atoms with Crippen LogP contribution in [0, 0.1) is 123 Å². The van der Waals surface area contributed by atoms with E-state index in [1.165, 1.54) is 0 Å². The molecule has 63 heavy (non-hydrogen) atoms. The maximum atomic E-state index is 6.85. The molecule has 0 aliphatic rings. The molecular formula is C54H54N6Pd3. The minimum atomic E-state index is 0. The summed E-state index contributed by atoms with van der Waals surface area (Å²) < 4.78 is 0. The molecule has 0 aliphatic carbocycles. The van der Waals surface area contributed by atoms with E-state index >= 15 is 0 Å². The number of para-hydroxylation sites is 6. The van der Waals surface area contributed by atoms with E-state index in [-0.39, 0.29) is 61.3 Å². The molecule has 0 amide bonds. The first-order valence-electron chi connectivity index (χ1n) is 19.1. The molecule has 0 spiro atoms. The van der Waals surface area contributed by atoms with Crippen molar-refractivity contribution in [2.24, 2.45) is 0 Å². The Hall–Kier alpha value is -5.75. The van der Waals surface area contributed by atoms with Gasteiger partial charge < -0.3 is 0 Å². The molecule has 0 aromatic heterocycles. The Bertz CT molecular complexity index is 2060. The van der Waals surface area contributed by atoms with E-state index < -0.39 is 0 Å². The number of hydrogen-bond donors (Lipinski definition) is 0. The van der Waals surface area contributed by atoms with E-state index in [1.807, 2.05) is 192 Å². The number of aryl methyl sites for hydroxylation is 12. The third kappa shape index (κ3) is 20.3. The molecule has 0 bridgehead atoms. The van der Waals surface area contributed by atoms with Crippen LogP contribution in [0.25, 0.3) is 29.1 Å². The van der Waals surface area contributed by atoms with Gasteiger partial charge in [-0.05, 0) is 150 Å². The van der Waals surface area contributed by atoms with Gasteiger partial charge >= 0.3 is 0 Å². The number of benzene rings is 6. The van der Waals surface area contributed by atoms with Gasteiger partial charge in [-0.15, -0.1) is 0 Å². The van der Waals surface area contributed by atoms with Crippen molar-refractivity contribution in [2.45, 2.75) is 83.1 Å². The largest absolute Gasteiger partial charge is 0.238 e. The van der Waals surface area contributed by atoms with Gasteiger partial charge in [0.1, 0.15) is 0 Å². The van der Waals surface area contributed by atoms with E-state index in [1.54, 1.807) is 0 Å². The summed E-state index contributed by atoms with van der Waals surface area (Å²) in [4.78, 5) is 20.5. The Morgan fingerprint density at radius 3 is 0.333 bits per heavy atom. The number of rotatable bonds is 0. The molecule has 0 N–H and O–H groups in total. The van der Waals surface area contributed by atoms with E-state index in [2.05, 4.69) is 29.1 Å². The fourth-order valence-electron chi connectivity index (χ4n) is 5.89. The zero-order valence-corrected chi connectivity index (χ0v) is 42.7. The topological polar surface area (TPSA) is 26.2 Å². The van der Waals surface area contributed by atoms with Gasteiger partial charge in [-0.1, -0.05) is 109 Å².